The highest BCUT2D eigenvalue weighted by Crippen LogP contribution is 2.32. The molecule has 0 radical (unpaired) electrons. The van der Waals surface area contributed by atoms with Crippen LogP contribution in [-0.2, 0) is 9.47 Å². The van der Waals surface area contributed by atoms with Gasteiger partial charge in [0.15, 0.2) is 0 Å². The van der Waals surface area contributed by atoms with E-state index in [0.717, 1.165) is 36.8 Å². The zero-order valence-electron chi connectivity index (χ0n) is 21.6. The lowest BCUT2D eigenvalue weighted by Gasteiger charge is -2.23. The topological polar surface area (TPSA) is 35.5 Å². The third-order valence-corrected chi connectivity index (χ3v) is 6.45. The van der Waals surface area contributed by atoms with Crippen molar-refractivity contribution in [3.8, 4) is 0 Å². The van der Waals surface area contributed by atoms with Crippen LogP contribution in [0.3, 0.4) is 0 Å². The van der Waals surface area contributed by atoms with Crippen molar-refractivity contribution in [3.63, 3.8) is 0 Å². The van der Waals surface area contributed by atoms with Crippen molar-refractivity contribution in [1.82, 2.24) is 0 Å². The number of ether oxygens (including phenoxy) is 2. The summed E-state index contributed by atoms with van der Waals surface area (Å²) < 4.78 is 20.5. The summed E-state index contributed by atoms with van der Waals surface area (Å²) in [5.74, 6) is 0.267. The van der Waals surface area contributed by atoms with E-state index in [0.29, 0.717) is 22.3 Å². The number of rotatable bonds is 12. The normalized spacial score (nSPS) is 14.0. The minimum atomic E-state index is -1.13. The highest BCUT2D eigenvalue weighted by Gasteiger charge is 2.24. The molecule has 0 fully saturated rings. The molecule has 1 unspecified atom stereocenters. The highest BCUT2D eigenvalue weighted by atomic mass is 32.2. The average molecular weight is 468 g/mol. The number of benzene rings is 1. The molecule has 0 heterocycles. The standard InChI is InChI=1S/C26H42O3S2/c1-9-10-11-12-13-21(29-26(30)31-8)16-28-25(27)24-22(18(4)5)14-20(17(2)3)15-23(24)19(6)7/h14-15,17-19,21H,9-13,16H2,1-8H3/i16D/t16-,21?/m0/s1. The summed E-state index contributed by atoms with van der Waals surface area (Å²) in [4.78, 5) is 13.4. The van der Waals surface area contributed by atoms with Gasteiger partial charge in [0.2, 0.25) is 4.38 Å². The molecular weight excluding hydrogens is 424 g/mol. The van der Waals surface area contributed by atoms with Gasteiger partial charge in [-0.1, -0.05) is 91.6 Å². The molecule has 5 heteroatoms. The monoisotopic (exact) mass is 467 g/mol. The van der Waals surface area contributed by atoms with Crippen molar-refractivity contribution < 1.29 is 15.6 Å². The molecule has 0 bridgehead atoms. The van der Waals surface area contributed by atoms with E-state index in [1.54, 1.807) is 0 Å². The number of esters is 1. The minimum Gasteiger partial charge on any atom is -0.472 e. The van der Waals surface area contributed by atoms with E-state index in [-0.39, 0.29) is 11.8 Å². The first-order valence-electron chi connectivity index (χ1n) is 12.2. The highest BCUT2D eigenvalue weighted by molar-refractivity contribution is 8.22. The maximum Gasteiger partial charge on any atom is 0.338 e. The molecule has 1 aromatic rings. The Labute approximate surface area is 201 Å². The van der Waals surface area contributed by atoms with E-state index in [2.05, 4.69) is 60.6 Å². The van der Waals surface area contributed by atoms with Crippen LogP contribution in [0.4, 0.5) is 0 Å². The zero-order chi connectivity index (χ0) is 24.4. The summed E-state index contributed by atoms with van der Waals surface area (Å²) >= 11 is 6.56. The maximum atomic E-state index is 13.4. The largest absolute Gasteiger partial charge is 0.472 e. The first-order chi connectivity index (χ1) is 15.0. The molecule has 0 aliphatic carbocycles. The molecule has 0 spiro atoms. The predicted octanol–water partition coefficient (Wildman–Crippen LogP) is 8.22. The Bertz CT molecular complexity index is 718. The SMILES string of the molecule is [2H][C@H](OC(=O)c1c(C(C)C)cc(C(C)C)cc1C(C)C)C(CCCCCC)OC(=S)SC. The zero-order valence-corrected chi connectivity index (χ0v) is 22.3. The molecule has 1 rings (SSSR count). The van der Waals surface area contributed by atoms with E-state index >= 15 is 0 Å². The Morgan fingerprint density at radius 1 is 1.03 bits per heavy atom. The number of unbranched alkanes of at least 4 members (excludes halogenated alkanes) is 3. The van der Waals surface area contributed by atoms with Crippen molar-refractivity contribution >= 4 is 34.3 Å². The van der Waals surface area contributed by atoms with Crippen molar-refractivity contribution in [2.45, 2.75) is 104 Å². The van der Waals surface area contributed by atoms with E-state index in [1.807, 2.05) is 6.26 Å². The summed E-state index contributed by atoms with van der Waals surface area (Å²) in [7, 11) is 0. The molecule has 176 valence electrons. The second-order valence-corrected chi connectivity index (χ2v) is 10.4. The van der Waals surface area contributed by atoms with Crippen LogP contribution in [0, 0.1) is 0 Å². The Balaban J connectivity index is 3.21. The molecule has 0 aliphatic rings. The van der Waals surface area contributed by atoms with E-state index < -0.39 is 18.7 Å². The quantitative estimate of drug-likeness (QED) is 0.176. The summed E-state index contributed by atoms with van der Waals surface area (Å²) in [5.41, 5.74) is 3.79. The van der Waals surface area contributed by atoms with Gasteiger partial charge in [0.05, 0.1) is 6.93 Å². The summed E-state index contributed by atoms with van der Waals surface area (Å²) in [6.45, 7) is 13.7. The van der Waals surface area contributed by atoms with Gasteiger partial charge in [-0.25, -0.2) is 4.79 Å². The van der Waals surface area contributed by atoms with Gasteiger partial charge in [0.1, 0.15) is 12.7 Å². The number of carbonyl (C=O) groups excluding carboxylic acids is 1. The van der Waals surface area contributed by atoms with Gasteiger partial charge in [0, 0.05) is 0 Å². The Hall–Kier alpha value is -1.07. The van der Waals surface area contributed by atoms with Crippen LogP contribution in [-0.4, -0.2) is 29.3 Å². The molecule has 1 aromatic carbocycles. The van der Waals surface area contributed by atoms with E-state index in [9.17, 15) is 4.79 Å². The molecule has 0 saturated carbocycles. The lowest BCUT2D eigenvalue weighted by molar-refractivity contribution is 0.0279. The van der Waals surface area contributed by atoms with Gasteiger partial charge in [-0.15, -0.1) is 0 Å². The molecular formula is C26H42O3S2. The van der Waals surface area contributed by atoms with Gasteiger partial charge in [-0.05, 0) is 65.8 Å². The lowest BCUT2D eigenvalue weighted by Crippen LogP contribution is -2.25. The smallest absolute Gasteiger partial charge is 0.338 e. The van der Waals surface area contributed by atoms with Crippen molar-refractivity contribution in [2.24, 2.45) is 0 Å². The first kappa shape index (κ1) is 26.2. The van der Waals surface area contributed by atoms with Crippen LogP contribution in [0.2, 0.25) is 0 Å². The Morgan fingerprint density at radius 2 is 1.61 bits per heavy atom. The number of thiocarbonyl (C=S) groups is 1. The summed E-state index contributed by atoms with van der Waals surface area (Å²) in [6, 6.07) is 4.25. The second kappa shape index (κ2) is 14.2. The molecule has 0 saturated heterocycles. The second-order valence-electron chi connectivity index (χ2n) is 9.04. The summed E-state index contributed by atoms with van der Waals surface area (Å²) in [5, 5.41) is 0. The number of thioether (sulfide) groups is 1. The molecule has 3 nitrogen and oxygen atoms in total. The molecule has 0 N–H and O–H groups in total. The molecule has 0 aromatic heterocycles. The number of carbonyl (C=O) groups is 1. The summed E-state index contributed by atoms with van der Waals surface area (Å²) in [6.07, 6.45) is 6.19. The average Bonchev–Trinajstić information content (AvgIpc) is 2.74. The van der Waals surface area contributed by atoms with E-state index in [1.165, 1.54) is 17.3 Å². The minimum absolute atomic E-state index is 0.170. The maximum absolute atomic E-state index is 13.4. The van der Waals surface area contributed by atoms with Crippen LogP contribution in [0.25, 0.3) is 0 Å². The van der Waals surface area contributed by atoms with Gasteiger partial charge >= 0.3 is 5.97 Å². The van der Waals surface area contributed by atoms with E-state index in [4.69, 9.17) is 23.1 Å². The van der Waals surface area contributed by atoms with Gasteiger partial charge in [-0.3, -0.25) is 0 Å². The fraction of sp³-hybridized carbons (Fsp3) is 0.692. The van der Waals surface area contributed by atoms with Crippen molar-refractivity contribution in [3.05, 3.63) is 34.4 Å². The third kappa shape index (κ3) is 9.13. The van der Waals surface area contributed by atoms with Gasteiger partial charge in [-0.2, -0.15) is 0 Å². The fourth-order valence-electron chi connectivity index (χ4n) is 3.49. The predicted molar refractivity (Wildman–Crippen MR) is 139 cm³/mol. The molecule has 0 aliphatic heterocycles. The molecule has 0 amide bonds. The molecule has 2 atom stereocenters. The van der Waals surface area contributed by atoms with Crippen LogP contribution in [0.5, 0.6) is 0 Å². The van der Waals surface area contributed by atoms with Crippen LogP contribution in [0.15, 0.2) is 12.1 Å². The molecule has 31 heavy (non-hydrogen) atoms. The van der Waals surface area contributed by atoms with Crippen molar-refractivity contribution in [1.29, 1.82) is 0 Å². The van der Waals surface area contributed by atoms with Crippen LogP contribution in [0.1, 0.15) is 127 Å². The fourth-order valence-corrected chi connectivity index (χ4v) is 3.83. The van der Waals surface area contributed by atoms with Gasteiger partial charge < -0.3 is 9.47 Å². The Kier molecular flexibility index (Phi) is 12.0. The third-order valence-electron chi connectivity index (χ3n) is 5.42. The number of hydrogen-bond donors (Lipinski definition) is 0. The first-order valence-corrected chi connectivity index (χ1v) is 13.2. The van der Waals surface area contributed by atoms with Crippen LogP contribution < -0.4 is 0 Å². The van der Waals surface area contributed by atoms with Crippen LogP contribution >= 0.6 is 24.0 Å². The lowest BCUT2D eigenvalue weighted by atomic mass is 9.84. The number of hydrogen-bond acceptors (Lipinski definition) is 5. The van der Waals surface area contributed by atoms with Crippen molar-refractivity contribution in [2.75, 3.05) is 12.8 Å². The Morgan fingerprint density at radius 3 is 2.06 bits per heavy atom. The van der Waals surface area contributed by atoms with Gasteiger partial charge in [0.25, 0.3) is 0 Å².